The average Bonchev–Trinajstić information content (AvgIpc) is 3.28. The van der Waals surface area contributed by atoms with Gasteiger partial charge >= 0.3 is 0 Å². The molecule has 5 nitrogen and oxygen atoms in total. The number of carbonyl (C=O) groups is 2. The van der Waals surface area contributed by atoms with Gasteiger partial charge in [0.1, 0.15) is 0 Å². The SMILES string of the molecule is CCNC(=O)c1ccc2c(C(=O)[C@@H](NC[C@H](C)c3ccc(C)cc3)c3ccccc3)c[nH]c2c1. The number of rotatable bonds is 9. The first-order chi connectivity index (χ1) is 16.5. The van der Waals surface area contributed by atoms with Crippen LogP contribution in [0.3, 0.4) is 0 Å². The molecule has 0 aliphatic heterocycles. The predicted octanol–water partition coefficient (Wildman–Crippen LogP) is 5.54. The van der Waals surface area contributed by atoms with Crippen molar-refractivity contribution in [1.29, 1.82) is 0 Å². The predicted molar refractivity (Wildman–Crippen MR) is 137 cm³/mol. The molecule has 3 N–H and O–H groups in total. The maximum atomic E-state index is 13.8. The van der Waals surface area contributed by atoms with E-state index in [4.69, 9.17) is 0 Å². The summed E-state index contributed by atoms with van der Waals surface area (Å²) in [5.41, 5.74) is 5.35. The minimum atomic E-state index is -0.476. The fourth-order valence-corrected chi connectivity index (χ4v) is 4.20. The molecule has 1 amide bonds. The highest BCUT2D eigenvalue weighted by Crippen LogP contribution is 2.26. The van der Waals surface area contributed by atoms with Gasteiger partial charge in [-0.1, -0.05) is 73.2 Å². The number of aryl methyl sites for hydroxylation is 1. The zero-order chi connectivity index (χ0) is 24.1. The van der Waals surface area contributed by atoms with Crippen molar-refractivity contribution in [2.75, 3.05) is 13.1 Å². The van der Waals surface area contributed by atoms with E-state index in [1.165, 1.54) is 11.1 Å². The summed E-state index contributed by atoms with van der Waals surface area (Å²) in [6.45, 7) is 7.36. The molecule has 0 aliphatic rings. The van der Waals surface area contributed by atoms with Gasteiger partial charge < -0.3 is 15.6 Å². The summed E-state index contributed by atoms with van der Waals surface area (Å²) in [4.78, 5) is 29.2. The Morgan fingerprint density at radius 3 is 2.38 bits per heavy atom. The Morgan fingerprint density at radius 1 is 0.941 bits per heavy atom. The third-order valence-electron chi connectivity index (χ3n) is 6.22. The monoisotopic (exact) mass is 453 g/mol. The molecule has 0 aliphatic carbocycles. The second-order valence-corrected chi connectivity index (χ2v) is 8.75. The van der Waals surface area contributed by atoms with Crippen LogP contribution in [-0.4, -0.2) is 29.8 Å². The molecular formula is C29H31N3O2. The number of benzene rings is 3. The molecule has 34 heavy (non-hydrogen) atoms. The van der Waals surface area contributed by atoms with Crippen LogP contribution in [-0.2, 0) is 0 Å². The van der Waals surface area contributed by atoms with Crippen molar-refractivity contribution in [2.45, 2.75) is 32.7 Å². The third-order valence-corrected chi connectivity index (χ3v) is 6.22. The highest BCUT2D eigenvalue weighted by Gasteiger charge is 2.25. The maximum Gasteiger partial charge on any atom is 0.251 e. The molecule has 1 aromatic heterocycles. The molecular weight excluding hydrogens is 422 g/mol. The van der Waals surface area contributed by atoms with Gasteiger partial charge in [0.15, 0.2) is 5.78 Å². The smallest absolute Gasteiger partial charge is 0.251 e. The van der Waals surface area contributed by atoms with Gasteiger partial charge in [0.2, 0.25) is 0 Å². The Kier molecular flexibility index (Phi) is 7.24. The van der Waals surface area contributed by atoms with E-state index in [1.54, 1.807) is 18.3 Å². The summed E-state index contributed by atoms with van der Waals surface area (Å²) in [5, 5.41) is 7.14. The summed E-state index contributed by atoms with van der Waals surface area (Å²) in [6.07, 6.45) is 1.75. The van der Waals surface area contributed by atoms with E-state index < -0.39 is 6.04 Å². The molecule has 174 valence electrons. The first kappa shape index (κ1) is 23.5. The van der Waals surface area contributed by atoms with Crippen LogP contribution >= 0.6 is 0 Å². The molecule has 0 bridgehead atoms. The van der Waals surface area contributed by atoms with Crippen LogP contribution < -0.4 is 10.6 Å². The number of hydrogen-bond acceptors (Lipinski definition) is 3. The number of hydrogen-bond donors (Lipinski definition) is 3. The van der Waals surface area contributed by atoms with Crippen LogP contribution in [0.15, 0.2) is 79.0 Å². The number of H-pyrrole nitrogens is 1. The highest BCUT2D eigenvalue weighted by molar-refractivity contribution is 6.11. The molecule has 2 atom stereocenters. The first-order valence-electron chi connectivity index (χ1n) is 11.8. The topological polar surface area (TPSA) is 74.0 Å². The molecule has 5 heteroatoms. The number of carbonyl (C=O) groups excluding carboxylic acids is 2. The van der Waals surface area contributed by atoms with Gasteiger partial charge in [0.25, 0.3) is 5.91 Å². The number of fused-ring (bicyclic) bond motifs is 1. The summed E-state index contributed by atoms with van der Waals surface area (Å²) in [5.74, 6) is 0.127. The van der Waals surface area contributed by atoms with Gasteiger partial charge in [0, 0.05) is 41.3 Å². The zero-order valence-electron chi connectivity index (χ0n) is 19.9. The standard InChI is InChI=1S/C29H31N3O2/c1-4-30-29(34)23-14-15-24-25(18-31-26(24)16-23)28(33)27(22-8-6-5-7-9-22)32-17-20(3)21-12-10-19(2)11-13-21/h5-16,18,20,27,31-32H,4,17H2,1-3H3,(H,30,34)/t20-,27-/m0/s1. The lowest BCUT2D eigenvalue weighted by Gasteiger charge is -2.21. The van der Waals surface area contributed by atoms with Crippen molar-refractivity contribution in [3.63, 3.8) is 0 Å². The van der Waals surface area contributed by atoms with Crippen LogP contribution in [0.25, 0.3) is 10.9 Å². The molecule has 3 aromatic carbocycles. The lowest BCUT2D eigenvalue weighted by atomic mass is 9.95. The van der Waals surface area contributed by atoms with Gasteiger partial charge in [-0.05, 0) is 43.0 Å². The molecule has 4 rings (SSSR count). The Bertz CT molecular complexity index is 1280. The van der Waals surface area contributed by atoms with Crippen LogP contribution in [0.4, 0.5) is 0 Å². The largest absolute Gasteiger partial charge is 0.360 e. The fourth-order valence-electron chi connectivity index (χ4n) is 4.20. The van der Waals surface area contributed by atoms with Crippen LogP contribution in [0.5, 0.6) is 0 Å². The highest BCUT2D eigenvalue weighted by atomic mass is 16.1. The number of nitrogens with one attached hydrogen (secondary N) is 3. The summed E-state index contributed by atoms with van der Waals surface area (Å²) < 4.78 is 0. The fraction of sp³-hybridized carbons (Fsp3) is 0.241. The molecule has 1 heterocycles. The third kappa shape index (κ3) is 5.10. The Labute approximate surface area is 200 Å². The number of ketones is 1. The van der Waals surface area contributed by atoms with Crippen molar-refractivity contribution in [3.05, 3.63) is 107 Å². The molecule has 0 saturated carbocycles. The minimum absolute atomic E-state index is 0.000633. The van der Waals surface area contributed by atoms with E-state index in [9.17, 15) is 9.59 Å². The Balaban J connectivity index is 1.60. The van der Waals surface area contributed by atoms with Crippen molar-refractivity contribution in [2.24, 2.45) is 0 Å². The number of Topliss-reactive ketones (excluding diaryl/α,β-unsaturated/α-hetero) is 1. The van der Waals surface area contributed by atoms with Gasteiger partial charge in [-0.2, -0.15) is 0 Å². The van der Waals surface area contributed by atoms with Crippen LogP contribution in [0, 0.1) is 6.92 Å². The second-order valence-electron chi connectivity index (χ2n) is 8.75. The lowest BCUT2D eigenvalue weighted by molar-refractivity contribution is 0.0940. The minimum Gasteiger partial charge on any atom is -0.360 e. The second kappa shape index (κ2) is 10.5. The van der Waals surface area contributed by atoms with Gasteiger partial charge in [-0.25, -0.2) is 0 Å². The molecule has 0 saturated heterocycles. The maximum absolute atomic E-state index is 13.8. The Morgan fingerprint density at radius 2 is 1.68 bits per heavy atom. The van der Waals surface area contributed by atoms with Crippen molar-refractivity contribution < 1.29 is 9.59 Å². The molecule has 0 radical (unpaired) electrons. The number of aromatic amines is 1. The summed E-state index contributed by atoms with van der Waals surface area (Å²) >= 11 is 0. The van der Waals surface area contributed by atoms with Crippen LogP contribution in [0.1, 0.15) is 63.2 Å². The molecule has 0 spiro atoms. The first-order valence-corrected chi connectivity index (χ1v) is 11.8. The van der Waals surface area contributed by atoms with E-state index >= 15 is 0 Å². The Hall–Kier alpha value is -3.70. The van der Waals surface area contributed by atoms with Crippen molar-refractivity contribution in [1.82, 2.24) is 15.6 Å². The summed E-state index contributed by atoms with van der Waals surface area (Å²) in [7, 11) is 0. The summed E-state index contributed by atoms with van der Waals surface area (Å²) in [6, 6.07) is 23.3. The van der Waals surface area contributed by atoms with Crippen molar-refractivity contribution >= 4 is 22.6 Å². The quantitative estimate of drug-likeness (QED) is 0.291. The molecule has 4 aromatic rings. The zero-order valence-corrected chi connectivity index (χ0v) is 19.9. The van der Waals surface area contributed by atoms with E-state index in [-0.39, 0.29) is 17.6 Å². The molecule has 0 unspecified atom stereocenters. The van der Waals surface area contributed by atoms with Gasteiger partial charge in [-0.3, -0.25) is 9.59 Å². The van der Waals surface area contributed by atoms with Gasteiger partial charge in [-0.15, -0.1) is 0 Å². The normalized spacial score (nSPS) is 12.9. The lowest BCUT2D eigenvalue weighted by Crippen LogP contribution is -2.31. The average molecular weight is 454 g/mol. The van der Waals surface area contributed by atoms with Gasteiger partial charge in [0.05, 0.1) is 6.04 Å². The van der Waals surface area contributed by atoms with E-state index in [1.807, 2.05) is 43.3 Å². The number of aromatic nitrogens is 1. The van der Waals surface area contributed by atoms with E-state index in [0.717, 1.165) is 16.5 Å². The van der Waals surface area contributed by atoms with E-state index in [2.05, 4.69) is 53.7 Å². The number of amides is 1. The molecule has 0 fully saturated rings. The van der Waals surface area contributed by atoms with Crippen molar-refractivity contribution in [3.8, 4) is 0 Å². The van der Waals surface area contributed by atoms with Crippen LogP contribution in [0.2, 0.25) is 0 Å². The van der Waals surface area contributed by atoms with E-state index in [0.29, 0.717) is 24.2 Å².